The maximum Gasteiger partial charge on any atom is 0.410 e. The molecule has 1 aliphatic rings. The topological polar surface area (TPSA) is 111 Å². The van der Waals surface area contributed by atoms with Gasteiger partial charge in [-0.15, -0.1) is 0 Å². The predicted molar refractivity (Wildman–Crippen MR) is 86.2 cm³/mol. The van der Waals surface area contributed by atoms with Crippen LogP contribution < -0.4 is 5.32 Å². The Bertz CT molecular complexity index is 649. The number of anilines is 1. The van der Waals surface area contributed by atoms with E-state index in [2.05, 4.69) is 15.5 Å². The van der Waals surface area contributed by atoms with Gasteiger partial charge in [0.1, 0.15) is 12.7 Å². The van der Waals surface area contributed by atoms with Crippen molar-refractivity contribution >= 4 is 11.8 Å². The highest BCUT2D eigenvalue weighted by atomic mass is 16.6. The summed E-state index contributed by atoms with van der Waals surface area (Å²) in [5.74, 6) is 0. The van der Waals surface area contributed by atoms with Crippen LogP contribution in [0.15, 0.2) is 42.7 Å². The fraction of sp³-hybridized carbons (Fsp3) is 0.375. The molecule has 3 atom stereocenters. The van der Waals surface area contributed by atoms with Crippen molar-refractivity contribution in [1.29, 1.82) is 0 Å². The number of likely N-dealkylation sites (tertiary alicyclic amines) is 1. The molecule has 1 unspecified atom stereocenters. The van der Waals surface area contributed by atoms with Crippen molar-refractivity contribution < 1.29 is 19.7 Å². The first-order chi connectivity index (χ1) is 11.6. The third-order valence-electron chi connectivity index (χ3n) is 3.94. The van der Waals surface area contributed by atoms with Gasteiger partial charge in [-0.05, 0) is 5.56 Å². The van der Waals surface area contributed by atoms with Crippen LogP contribution >= 0.6 is 0 Å². The molecule has 24 heavy (non-hydrogen) atoms. The smallest absolute Gasteiger partial charge is 0.410 e. The van der Waals surface area contributed by atoms with Crippen molar-refractivity contribution in [2.45, 2.75) is 24.9 Å². The number of hydrogen-bond acceptors (Lipinski definition) is 6. The summed E-state index contributed by atoms with van der Waals surface area (Å²) >= 11 is 0. The average Bonchev–Trinajstić information content (AvgIpc) is 3.10. The number of ether oxygens (including phenoxy) is 1. The number of aliphatic hydroxyl groups is 2. The van der Waals surface area contributed by atoms with Gasteiger partial charge in [0.2, 0.25) is 0 Å². The number of nitrogens with zero attached hydrogens (tertiary/aromatic N) is 2. The Balaban J connectivity index is 1.59. The number of carbonyl (C=O) groups is 1. The van der Waals surface area contributed by atoms with Gasteiger partial charge in [0, 0.05) is 12.7 Å². The molecule has 0 aliphatic carbocycles. The summed E-state index contributed by atoms with van der Waals surface area (Å²) in [4.78, 5) is 13.6. The van der Waals surface area contributed by atoms with Gasteiger partial charge < -0.3 is 25.2 Å². The lowest BCUT2D eigenvalue weighted by atomic mass is 9.99. The van der Waals surface area contributed by atoms with Crippen LogP contribution in [0, 0.1) is 0 Å². The third kappa shape index (κ3) is 3.84. The van der Waals surface area contributed by atoms with Crippen LogP contribution in [0.1, 0.15) is 5.56 Å². The van der Waals surface area contributed by atoms with Gasteiger partial charge in [0.15, 0.2) is 0 Å². The van der Waals surface area contributed by atoms with E-state index in [1.54, 1.807) is 12.4 Å². The lowest BCUT2D eigenvalue weighted by Crippen LogP contribution is -2.59. The number of rotatable bonds is 4. The van der Waals surface area contributed by atoms with Gasteiger partial charge in [-0.25, -0.2) is 4.79 Å². The van der Waals surface area contributed by atoms with E-state index in [0.717, 1.165) is 5.56 Å². The molecule has 1 amide bonds. The van der Waals surface area contributed by atoms with Gasteiger partial charge >= 0.3 is 6.09 Å². The highest BCUT2D eigenvalue weighted by Crippen LogP contribution is 2.17. The van der Waals surface area contributed by atoms with Crippen LogP contribution in [0.3, 0.4) is 0 Å². The predicted octanol–water partition coefficient (Wildman–Crippen LogP) is 0.564. The summed E-state index contributed by atoms with van der Waals surface area (Å²) in [5.41, 5.74) is 1.56. The zero-order valence-corrected chi connectivity index (χ0v) is 13.0. The second-order valence-electron chi connectivity index (χ2n) is 5.74. The van der Waals surface area contributed by atoms with E-state index in [4.69, 9.17) is 4.74 Å². The standard InChI is InChI=1S/C16H20N4O4/c21-14-9-20(16(23)24-10-11-4-2-1-3-5-11)8-13(15(14)22)19-12-6-17-18-7-12/h1-7,13-15,19,21-22H,8-10H2,(H,17,18)/t13?,14-,15+/m0/s1. The van der Waals surface area contributed by atoms with Gasteiger partial charge in [-0.1, -0.05) is 30.3 Å². The lowest BCUT2D eigenvalue weighted by Gasteiger charge is -2.39. The number of hydrogen-bond donors (Lipinski definition) is 4. The maximum atomic E-state index is 12.2. The molecule has 1 aromatic carbocycles. The molecule has 1 fully saturated rings. The number of nitrogens with one attached hydrogen (secondary N) is 2. The summed E-state index contributed by atoms with van der Waals surface area (Å²) in [5, 5.41) is 29.7. The molecule has 0 bridgehead atoms. The van der Waals surface area contributed by atoms with E-state index in [0.29, 0.717) is 5.69 Å². The molecular formula is C16H20N4O4. The Hall–Kier alpha value is -2.58. The first-order valence-electron chi connectivity index (χ1n) is 7.70. The maximum absolute atomic E-state index is 12.2. The first kappa shape index (κ1) is 16.3. The molecule has 0 saturated carbocycles. The average molecular weight is 332 g/mol. The Morgan fingerprint density at radius 3 is 2.83 bits per heavy atom. The molecule has 8 heteroatoms. The molecule has 1 aromatic heterocycles. The van der Waals surface area contributed by atoms with E-state index >= 15 is 0 Å². The number of H-pyrrole nitrogens is 1. The van der Waals surface area contributed by atoms with E-state index in [-0.39, 0.29) is 19.7 Å². The van der Waals surface area contributed by atoms with Crippen LogP contribution in [-0.4, -0.2) is 62.7 Å². The molecule has 1 aliphatic heterocycles. The van der Waals surface area contributed by atoms with Crippen molar-refractivity contribution in [2.75, 3.05) is 18.4 Å². The summed E-state index contributed by atoms with van der Waals surface area (Å²) < 4.78 is 5.28. The molecule has 1 saturated heterocycles. The van der Waals surface area contributed by atoms with Crippen molar-refractivity contribution in [3.63, 3.8) is 0 Å². The number of aliphatic hydroxyl groups excluding tert-OH is 2. The number of aromatic amines is 1. The molecule has 2 heterocycles. The Kier molecular flexibility index (Phi) is 4.97. The van der Waals surface area contributed by atoms with E-state index in [9.17, 15) is 15.0 Å². The SMILES string of the molecule is O=C(OCc1ccccc1)N1CC(Nc2cn[nH]c2)[C@@H](O)[C@@H](O)C1. The quantitative estimate of drug-likeness (QED) is 0.651. The summed E-state index contributed by atoms with van der Waals surface area (Å²) in [7, 11) is 0. The van der Waals surface area contributed by atoms with Gasteiger partial charge in [-0.3, -0.25) is 5.10 Å². The fourth-order valence-corrected chi connectivity index (χ4v) is 2.66. The molecule has 2 aromatic rings. The minimum atomic E-state index is -1.05. The molecular weight excluding hydrogens is 312 g/mol. The third-order valence-corrected chi connectivity index (χ3v) is 3.94. The van der Waals surface area contributed by atoms with Crippen molar-refractivity contribution in [1.82, 2.24) is 15.1 Å². The number of piperidine rings is 1. The van der Waals surface area contributed by atoms with Gasteiger partial charge in [-0.2, -0.15) is 5.10 Å². The minimum absolute atomic E-state index is 0.0261. The number of benzene rings is 1. The van der Waals surface area contributed by atoms with E-state index < -0.39 is 24.3 Å². The molecule has 8 nitrogen and oxygen atoms in total. The Labute approximate surface area is 139 Å². The normalized spacial score (nSPS) is 23.8. The molecule has 3 rings (SSSR count). The second-order valence-corrected chi connectivity index (χ2v) is 5.74. The minimum Gasteiger partial charge on any atom is -0.445 e. The number of carbonyl (C=O) groups excluding carboxylic acids is 1. The highest BCUT2D eigenvalue weighted by Gasteiger charge is 2.37. The monoisotopic (exact) mass is 332 g/mol. The van der Waals surface area contributed by atoms with Crippen molar-refractivity contribution in [3.8, 4) is 0 Å². The summed E-state index contributed by atoms with van der Waals surface area (Å²) in [6.45, 7) is 0.407. The summed E-state index contributed by atoms with van der Waals surface area (Å²) in [6, 6.07) is 8.84. The Morgan fingerprint density at radius 2 is 2.12 bits per heavy atom. The highest BCUT2D eigenvalue weighted by molar-refractivity contribution is 5.68. The zero-order chi connectivity index (χ0) is 16.9. The molecule has 128 valence electrons. The second kappa shape index (κ2) is 7.33. The van der Waals surface area contributed by atoms with E-state index in [1.807, 2.05) is 30.3 Å². The molecule has 4 N–H and O–H groups in total. The van der Waals surface area contributed by atoms with Crippen LogP contribution in [0.5, 0.6) is 0 Å². The number of amides is 1. The van der Waals surface area contributed by atoms with Crippen LogP contribution in [0.25, 0.3) is 0 Å². The van der Waals surface area contributed by atoms with Crippen LogP contribution in [0.4, 0.5) is 10.5 Å². The first-order valence-corrected chi connectivity index (χ1v) is 7.70. The van der Waals surface area contributed by atoms with Crippen LogP contribution in [-0.2, 0) is 11.3 Å². The van der Waals surface area contributed by atoms with Gasteiger partial charge in [0.05, 0.1) is 30.6 Å². The van der Waals surface area contributed by atoms with Gasteiger partial charge in [0.25, 0.3) is 0 Å². The zero-order valence-electron chi connectivity index (χ0n) is 13.0. The largest absolute Gasteiger partial charge is 0.445 e. The van der Waals surface area contributed by atoms with Crippen LogP contribution in [0.2, 0.25) is 0 Å². The summed E-state index contributed by atoms with van der Waals surface area (Å²) in [6.07, 6.45) is 0.631. The van der Waals surface area contributed by atoms with Crippen molar-refractivity contribution in [3.05, 3.63) is 48.3 Å². The van der Waals surface area contributed by atoms with E-state index in [1.165, 1.54) is 4.90 Å². The fourth-order valence-electron chi connectivity index (χ4n) is 2.66. The lowest BCUT2D eigenvalue weighted by molar-refractivity contribution is -0.0440. The van der Waals surface area contributed by atoms with Crippen molar-refractivity contribution in [2.24, 2.45) is 0 Å². The molecule has 0 spiro atoms. The number of β-amino-alcohol motifs (C(OH)–C–C–N with tert-alkyl or cyclic N) is 1. The molecule has 0 radical (unpaired) electrons. The number of aromatic nitrogens is 2. The Morgan fingerprint density at radius 1 is 1.33 bits per heavy atom.